The van der Waals surface area contributed by atoms with Crippen molar-refractivity contribution in [3.05, 3.63) is 65.1 Å². The van der Waals surface area contributed by atoms with Gasteiger partial charge in [-0.25, -0.2) is 18.0 Å². The molecule has 0 saturated heterocycles. The van der Waals surface area contributed by atoms with E-state index in [0.717, 1.165) is 18.2 Å². The third kappa shape index (κ3) is 3.16. The number of carboxylic acid groups (broad SMARTS) is 1. The largest absolute Gasteiger partial charge is 0.479 e. The van der Waals surface area contributed by atoms with Crippen molar-refractivity contribution in [1.29, 1.82) is 0 Å². The van der Waals surface area contributed by atoms with E-state index < -0.39 is 35.4 Å². The predicted molar refractivity (Wildman–Crippen MR) is 80.3 cm³/mol. The topological polar surface area (TPSA) is 95.1 Å². The van der Waals surface area contributed by atoms with Gasteiger partial charge in [0.05, 0.1) is 5.52 Å². The first-order valence-corrected chi connectivity index (χ1v) is 6.99. The van der Waals surface area contributed by atoms with Crippen molar-refractivity contribution >= 4 is 22.8 Å². The minimum atomic E-state index is -1.64. The number of aliphatic carboxylic acids is 1. The number of fused-ring (bicyclic) bond motifs is 1. The monoisotopic (exact) mass is 349 g/mol. The molecule has 9 heteroatoms. The van der Waals surface area contributed by atoms with Crippen LogP contribution in [0.2, 0.25) is 0 Å². The van der Waals surface area contributed by atoms with E-state index in [9.17, 15) is 27.9 Å². The Hall–Kier alpha value is -3.36. The number of amides is 1. The van der Waals surface area contributed by atoms with Crippen LogP contribution < -0.4 is 5.32 Å². The molecule has 1 atom stereocenters. The summed E-state index contributed by atoms with van der Waals surface area (Å²) in [7, 11) is 0. The summed E-state index contributed by atoms with van der Waals surface area (Å²) in [4.78, 5) is 23.7. The quantitative estimate of drug-likeness (QED) is 0.675. The molecular formula is C16H10F3N3O3. The minimum absolute atomic E-state index is 0.159. The first kappa shape index (κ1) is 16.5. The molecule has 2 aromatic carbocycles. The van der Waals surface area contributed by atoms with Crippen LogP contribution in [0.15, 0.2) is 36.4 Å². The maximum absolute atomic E-state index is 13.4. The lowest BCUT2D eigenvalue weighted by Gasteiger charge is -2.14. The van der Waals surface area contributed by atoms with E-state index in [4.69, 9.17) is 0 Å². The molecule has 0 saturated carbocycles. The normalized spacial score (nSPS) is 12.1. The molecule has 3 rings (SSSR count). The van der Waals surface area contributed by atoms with Gasteiger partial charge in [0.25, 0.3) is 5.91 Å². The number of nitrogens with one attached hydrogen (secondary N) is 2. The second-order valence-corrected chi connectivity index (χ2v) is 5.18. The summed E-state index contributed by atoms with van der Waals surface area (Å²) in [5.74, 6) is -5.38. The lowest BCUT2D eigenvalue weighted by atomic mass is 10.1. The highest BCUT2D eigenvalue weighted by molar-refractivity contribution is 6.05. The van der Waals surface area contributed by atoms with Crippen molar-refractivity contribution in [3.8, 4) is 0 Å². The fourth-order valence-electron chi connectivity index (χ4n) is 2.34. The van der Waals surface area contributed by atoms with E-state index >= 15 is 0 Å². The van der Waals surface area contributed by atoms with Crippen molar-refractivity contribution in [2.24, 2.45) is 0 Å². The molecule has 0 spiro atoms. The predicted octanol–water partition coefficient (Wildman–Crippen LogP) is 2.54. The smallest absolute Gasteiger partial charge is 0.330 e. The SMILES string of the molecule is O=C(NC(C(=O)O)c1ccc(F)c(F)c1)c1n[nH]c2ccc(F)cc12. The third-order valence-electron chi connectivity index (χ3n) is 3.54. The maximum atomic E-state index is 13.4. The van der Waals surface area contributed by atoms with Gasteiger partial charge in [-0.3, -0.25) is 9.89 Å². The summed E-state index contributed by atoms with van der Waals surface area (Å²) in [5, 5.41) is 17.9. The number of rotatable bonds is 4. The molecule has 3 aromatic rings. The van der Waals surface area contributed by atoms with Crippen LogP contribution in [-0.4, -0.2) is 27.2 Å². The van der Waals surface area contributed by atoms with E-state index in [1.54, 1.807) is 0 Å². The van der Waals surface area contributed by atoms with Gasteiger partial charge in [-0.05, 0) is 35.9 Å². The second-order valence-electron chi connectivity index (χ2n) is 5.18. The van der Waals surface area contributed by atoms with Crippen LogP contribution in [0, 0.1) is 17.5 Å². The van der Waals surface area contributed by atoms with Crippen LogP contribution in [0.4, 0.5) is 13.2 Å². The molecule has 1 unspecified atom stereocenters. The molecule has 0 aliphatic heterocycles. The highest BCUT2D eigenvalue weighted by Gasteiger charge is 2.26. The van der Waals surface area contributed by atoms with Crippen LogP contribution in [0.25, 0.3) is 10.9 Å². The van der Waals surface area contributed by atoms with E-state index in [1.807, 2.05) is 0 Å². The number of carbonyl (C=O) groups excluding carboxylic acids is 1. The molecule has 25 heavy (non-hydrogen) atoms. The van der Waals surface area contributed by atoms with Gasteiger partial charge < -0.3 is 10.4 Å². The maximum Gasteiger partial charge on any atom is 0.330 e. The minimum Gasteiger partial charge on any atom is -0.479 e. The summed E-state index contributed by atoms with van der Waals surface area (Å²) >= 11 is 0. The zero-order valence-electron chi connectivity index (χ0n) is 12.4. The molecule has 0 bridgehead atoms. The summed E-state index contributed by atoms with van der Waals surface area (Å²) in [6.07, 6.45) is 0. The van der Waals surface area contributed by atoms with Crippen LogP contribution in [-0.2, 0) is 4.79 Å². The van der Waals surface area contributed by atoms with Gasteiger partial charge in [0.2, 0.25) is 0 Å². The lowest BCUT2D eigenvalue weighted by Crippen LogP contribution is -2.34. The van der Waals surface area contributed by atoms with Crippen molar-refractivity contribution in [2.75, 3.05) is 0 Å². The Labute approximate surface area is 138 Å². The number of aromatic amines is 1. The highest BCUT2D eigenvalue weighted by atomic mass is 19.2. The van der Waals surface area contributed by atoms with Gasteiger partial charge in [-0.2, -0.15) is 5.10 Å². The average Bonchev–Trinajstić information content (AvgIpc) is 2.98. The third-order valence-corrected chi connectivity index (χ3v) is 3.54. The number of hydrogen-bond donors (Lipinski definition) is 3. The zero-order valence-corrected chi connectivity index (χ0v) is 12.4. The van der Waals surface area contributed by atoms with Crippen molar-refractivity contribution in [2.45, 2.75) is 6.04 Å². The highest BCUT2D eigenvalue weighted by Crippen LogP contribution is 2.20. The molecule has 0 aliphatic rings. The molecule has 0 radical (unpaired) electrons. The number of nitrogens with zero attached hydrogens (tertiary/aromatic N) is 1. The van der Waals surface area contributed by atoms with E-state index in [-0.39, 0.29) is 16.6 Å². The zero-order chi connectivity index (χ0) is 18.1. The Morgan fingerprint density at radius 1 is 1.08 bits per heavy atom. The number of hydrogen-bond acceptors (Lipinski definition) is 3. The molecule has 0 aliphatic carbocycles. The molecule has 6 nitrogen and oxygen atoms in total. The molecule has 0 fully saturated rings. The van der Waals surface area contributed by atoms with Crippen molar-refractivity contribution in [1.82, 2.24) is 15.5 Å². The van der Waals surface area contributed by atoms with Gasteiger partial charge in [-0.15, -0.1) is 0 Å². The van der Waals surface area contributed by atoms with Gasteiger partial charge >= 0.3 is 5.97 Å². The van der Waals surface area contributed by atoms with Crippen molar-refractivity contribution in [3.63, 3.8) is 0 Å². The summed E-state index contributed by atoms with van der Waals surface area (Å²) in [6, 6.07) is 4.45. The Morgan fingerprint density at radius 2 is 1.84 bits per heavy atom. The number of halogens is 3. The Kier molecular flexibility index (Phi) is 4.14. The Balaban J connectivity index is 1.94. The number of carbonyl (C=O) groups is 2. The molecule has 1 aromatic heterocycles. The van der Waals surface area contributed by atoms with Gasteiger partial charge in [0.15, 0.2) is 23.4 Å². The molecule has 128 valence electrons. The van der Waals surface area contributed by atoms with E-state index in [1.165, 1.54) is 12.1 Å². The fraction of sp³-hybridized carbons (Fsp3) is 0.0625. The van der Waals surface area contributed by atoms with Crippen LogP contribution in [0.3, 0.4) is 0 Å². The summed E-state index contributed by atoms with van der Waals surface area (Å²) < 4.78 is 39.7. The molecule has 1 heterocycles. The van der Waals surface area contributed by atoms with E-state index in [2.05, 4.69) is 15.5 Å². The average molecular weight is 349 g/mol. The Morgan fingerprint density at radius 3 is 2.52 bits per heavy atom. The summed E-state index contributed by atoms with van der Waals surface area (Å²) in [5.41, 5.74) is 0.000331. The second kappa shape index (κ2) is 6.27. The summed E-state index contributed by atoms with van der Waals surface area (Å²) in [6.45, 7) is 0. The van der Waals surface area contributed by atoms with Crippen LogP contribution in [0.1, 0.15) is 22.1 Å². The number of carboxylic acids is 1. The molecule has 3 N–H and O–H groups in total. The van der Waals surface area contributed by atoms with Crippen LogP contribution >= 0.6 is 0 Å². The van der Waals surface area contributed by atoms with Crippen LogP contribution in [0.5, 0.6) is 0 Å². The Bertz CT molecular complexity index is 987. The number of aromatic nitrogens is 2. The van der Waals surface area contributed by atoms with Gasteiger partial charge in [0, 0.05) is 5.39 Å². The molecule has 1 amide bonds. The van der Waals surface area contributed by atoms with Gasteiger partial charge in [-0.1, -0.05) is 6.07 Å². The fourth-order valence-corrected chi connectivity index (χ4v) is 2.34. The van der Waals surface area contributed by atoms with Crippen molar-refractivity contribution < 1.29 is 27.9 Å². The first-order chi connectivity index (χ1) is 11.9. The number of H-pyrrole nitrogens is 1. The standard InChI is InChI=1S/C16H10F3N3O3/c17-8-2-4-12-9(6-8)14(22-21-12)15(23)20-13(16(24)25)7-1-3-10(18)11(19)5-7/h1-6,13H,(H,20,23)(H,21,22)(H,24,25). The molecular weight excluding hydrogens is 339 g/mol. The van der Waals surface area contributed by atoms with E-state index in [0.29, 0.717) is 11.6 Å². The lowest BCUT2D eigenvalue weighted by molar-refractivity contribution is -0.139. The first-order valence-electron chi connectivity index (χ1n) is 6.99. The number of benzene rings is 2. The van der Waals surface area contributed by atoms with Gasteiger partial charge in [0.1, 0.15) is 5.82 Å².